The zero-order valence-corrected chi connectivity index (χ0v) is 10.3. The fourth-order valence-corrected chi connectivity index (χ4v) is 1.75. The van der Waals surface area contributed by atoms with E-state index in [1.54, 1.807) is 0 Å². The summed E-state index contributed by atoms with van der Waals surface area (Å²) in [5.41, 5.74) is 2.49. The van der Waals surface area contributed by atoms with Crippen LogP contribution in [0.1, 0.15) is 50.2 Å². The van der Waals surface area contributed by atoms with Crippen LogP contribution in [0.15, 0.2) is 36.9 Å². The highest BCUT2D eigenvalue weighted by Gasteiger charge is 1.92. The molecule has 0 aromatic heterocycles. The molecule has 0 aliphatic heterocycles. The topological polar surface area (TPSA) is 0 Å². The molecule has 0 saturated carbocycles. The summed E-state index contributed by atoms with van der Waals surface area (Å²) in [6, 6.07) is 8.36. The Kier molecular flexibility index (Phi) is 6.32. The summed E-state index contributed by atoms with van der Waals surface area (Å²) < 4.78 is 0. The third kappa shape index (κ3) is 4.48. The van der Waals surface area contributed by atoms with Gasteiger partial charge in [-0.15, -0.1) is 0 Å². The fourth-order valence-electron chi connectivity index (χ4n) is 1.75. The van der Waals surface area contributed by atoms with E-state index in [0.717, 1.165) is 0 Å². The first-order valence-electron chi connectivity index (χ1n) is 6.26. The van der Waals surface area contributed by atoms with Gasteiger partial charge >= 0.3 is 0 Å². The highest BCUT2D eigenvalue weighted by molar-refractivity contribution is 5.64. The van der Waals surface area contributed by atoms with Gasteiger partial charge in [0.2, 0.25) is 0 Å². The highest BCUT2D eigenvalue weighted by Crippen LogP contribution is 2.13. The van der Waals surface area contributed by atoms with Crippen LogP contribution in [0, 0.1) is 0 Å². The minimum Gasteiger partial charge on any atom is -0.0984 e. The van der Waals surface area contributed by atoms with Gasteiger partial charge in [-0.3, -0.25) is 0 Å². The number of benzene rings is 1. The molecule has 0 nitrogen and oxygen atoms in total. The first kappa shape index (κ1) is 12.8. The Bertz CT molecular complexity index is 334. The van der Waals surface area contributed by atoms with Crippen molar-refractivity contribution in [1.82, 2.24) is 0 Å². The third-order valence-electron chi connectivity index (χ3n) is 2.74. The Morgan fingerprint density at radius 3 is 2.50 bits per heavy atom. The Labute approximate surface area is 99.7 Å². The molecule has 0 heterocycles. The van der Waals surface area contributed by atoms with Crippen molar-refractivity contribution in [3.8, 4) is 0 Å². The molecule has 0 saturated heterocycles. The van der Waals surface area contributed by atoms with Gasteiger partial charge in [0.25, 0.3) is 0 Å². The molecule has 0 atom stereocenters. The smallest absolute Gasteiger partial charge is 0.0187 e. The number of hydrogen-bond donors (Lipinski definition) is 0. The van der Waals surface area contributed by atoms with E-state index < -0.39 is 0 Å². The molecule has 0 heteroatoms. The van der Waals surface area contributed by atoms with Crippen molar-refractivity contribution >= 4 is 12.2 Å². The van der Waals surface area contributed by atoms with Crippen molar-refractivity contribution in [3.63, 3.8) is 0 Å². The number of allylic oxidation sites excluding steroid dienone is 1. The third-order valence-corrected chi connectivity index (χ3v) is 2.74. The lowest BCUT2D eigenvalue weighted by molar-refractivity contribution is 0.675. The van der Waals surface area contributed by atoms with E-state index in [0.29, 0.717) is 0 Å². The van der Waals surface area contributed by atoms with Crippen molar-refractivity contribution in [1.29, 1.82) is 0 Å². The summed E-state index contributed by atoms with van der Waals surface area (Å²) in [5.74, 6) is 0. The van der Waals surface area contributed by atoms with Crippen molar-refractivity contribution < 1.29 is 0 Å². The average molecular weight is 214 g/mol. The van der Waals surface area contributed by atoms with Gasteiger partial charge in [-0.25, -0.2) is 0 Å². The van der Waals surface area contributed by atoms with Crippen LogP contribution in [0.25, 0.3) is 12.2 Å². The van der Waals surface area contributed by atoms with Crippen molar-refractivity contribution in [3.05, 3.63) is 48.0 Å². The minimum absolute atomic E-state index is 1.19. The lowest BCUT2D eigenvalue weighted by Gasteiger charge is -1.99. The minimum atomic E-state index is 1.19. The second-order valence-electron chi connectivity index (χ2n) is 4.08. The Balaban J connectivity index is 2.40. The van der Waals surface area contributed by atoms with E-state index in [-0.39, 0.29) is 0 Å². The molecule has 0 N–H and O–H groups in total. The standard InChI is InChI=1S/C16H22/c1-3-5-6-7-8-9-13-16-14-11-10-12-15(16)4-2/h4,9-14H,2-3,5-8H2,1H3/b13-9+. The molecule has 0 bridgehead atoms. The molecule has 0 unspecified atom stereocenters. The Hall–Kier alpha value is -1.30. The van der Waals surface area contributed by atoms with Crippen LogP contribution in [-0.2, 0) is 0 Å². The monoisotopic (exact) mass is 214 g/mol. The summed E-state index contributed by atoms with van der Waals surface area (Å²) in [7, 11) is 0. The molecule has 1 aromatic rings. The van der Waals surface area contributed by atoms with Gasteiger partial charge in [0.05, 0.1) is 0 Å². The van der Waals surface area contributed by atoms with Crippen molar-refractivity contribution in [2.45, 2.75) is 39.0 Å². The van der Waals surface area contributed by atoms with Crippen LogP contribution in [0.4, 0.5) is 0 Å². The molecule has 0 fully saturated rings. The SMILES string of the molecule is C=Cc1ccccc1/C=C/CCCCCC. The Morgan fingerprint density at radius 2 is 1.81 bits per heavy atom. The van der Waals surface area contributed by atoms with Gasteiger partial charge in [-0.05, 0) is 24.0 Å². The molecular weight excluding hydrogens is 192 g/mol. The maximum absolute atomic E-state index is 3.83. The maximum Gasteiger partial charge on any atom is -0.0187 e. The van der Waals surface area contributed by atoms with Crippen molar-refractivity contribution in [2.75, 3.05) is 0 Å². The predicted octanol–water partition coefficient (Wildman–Crippen LogP) is 5.31. The lowest BCUT2D eigenvalue weighted by Crippen LogP contribution is -1.79. The van der Waals surface area contributed by atoms with Crippen molar-refractivity contribution in [2.24, 2.45) is 0 Å². The molecule has 0 aliphatic carbocycles. The number of hydrogen-bond acceptors (Lipinski definition) is 0. The molecule has 1 aromatic carbocycles. The second kappa shape index (κ2) is 7.92. The van der Waals surface area contributed by atoms with Gasteiger partial charge in [0.1, 0.15) is 0 Å². The summed E-state index contributed by atoms with van der Waals surface area (Å²) in [5, 5.41) is 0. The van der Waals surface area contributed by atoms with Gasteiger partial charge in [0, 0.05) is 0 Å². The van der Waals surface area contributed by atoms with Crippen LogP contribution >= 0.6 is 0 Å². The van der Waals surface area contributed by atoms with E-state index in [1.165, 1.54) is 43.2 Å². The maximum atomic E-state index is 3.83. The van der Waals surface area contributed by atoms with Gasteiger partial charge < -0.3 is 0 Å². The van der Waals surface area contributed by atoms with Crippen LogP contribution in [0.2, 0.25) is 0 Å². The van der Waals surface area contributed by atoms with Crippen LogP contribution in [0.5, 0.6) is 0 Å². The van der Waals surface area contributed by atoms with E-state index in [4.69, 9.17) is 0 Å². The first-order valence-corrected chi connectivity index (χ1v) is 6.26. The number of unbranched alkanes of at least 4 members (excludes halogenated alkanes) is 4. The zero-order valence-electron chi connectivity index (χ0n) is 10.3. The fraction of sp³-hybridized carbons (Fsp3) is 0.375. The molecule has 16 heavy (non-hydrogen) atoms. The largest absolute Gasteiger partial charge is 0.0984 e. The van der Waals surface area contributed by atoms with Crippen LogP contribution in [-0.4, -0.2) is 0 Å². The molecule has 0 aliphatic rings. The lowest BCUT2D eigenvalue weighted by atomic mass is 10.1. The summed E-state index contributed by atoms with van der Waals surface area (Å²) in [6.45, 7) is 6.07. The zero-order chi connectivity index (χ0) is 11.6. The van der Waals surface area contributed by atoms with Crippen LogP contribution in [0.3, 0.4) is 0 Å². The Morgan fingerprint density at radius 1 is 1.06 bits per heavy atom. The van der Waals surface area contributed by atoms with Crippen LogP contribution < -0.4 is 0 Å². The normalized spacial score (nSPS) is 10.8. The summed E-state index contributed by atoms with van der Waals surface area (Å²) in [6.07, 6.45) is 12.9. The molecular formula is C16H22. The molecule has 0 amide bonds. The predicted molar refractivity (Wildman–Crippen MR) is 74.3 cm³/mol. The highest BCUT2D eigenvalue weighted by atomic mass is 14.0. The second-order valence-corrected chi connectivity index (χ2v) is 4.08. The molecule has 1 rings (SSSR count). The first-order chi connectivity index (χ1) is 7.88. The van der Waals surface area contributed by atoms with Gasteiger partial charge in [-0.1, -0.05) is 75.3 Å². The van der Waals surface area contributed by atoms with E-state index in [1.807, 2.05) is 6.08 Å². The number of rotatable bonds is 7. The van der Waals surface area contributed by atoms with E-state index >= 15 is 0 Å². The van der Waals surface area contributed by atoms with Gasteiger partial charge in [0.15, 0.2) is 0 Å². The van der Waals surface area contributed by atoms with E-state index in [2.05, 4.69) is 49.9 Å². The quantitative estimate of drug-likeness (QED) is 0.539. The molecule has 0 spiro atoms. The molecule has 0 radical (unpaired) electrons. The summed E-state index contributed by atoms with van der Waals surface area (Å²) in [4.78, 5) is 0. The van der Waals surface area contributed by atoms with Gasteiger partial charge in [-0.2, -0.15) is 0 Å². The average Bonchev–Trinajstić information content (AvgIpc) is 2.34. The molecule has 86 valence electrons. The van der Waals surface area contributed by atoms with E-state index in [9.17, 15) is 0 Å². The summed E-state index contributed by atoms with van der Waals surface area (Å²) >= 11 is 0.